The molecule has 198 valence electrons. The normalized spacial score (nSPS) is 20.1. The van der Waals surface area contributed by atoms with Gasteiger partial charge in [-0.15, -0.1) is 0 Å². The van der Waals surface area contributed by atoms with Crippen molar-refractivity contribution in [3.05, 3.63) is 69.2 Å². The fraction of sp³-hybridized carbons (Fsp3) is 0.448. The quantitative estimate of drug-likeness (QED) is 0.261. The molecule has 2 aliphatic rings. The van der Waals surface area contributed by atoms with Gasteiger partial charge < -0.3 is 19.5 Å². The van der Waals surface area contributed by atoms with Crippen LogP contribution in [0.25, 0.3) is 5.76 Å². The van der Waals surface area contributed by atoms with E-state index in [2.05, 4.69) is 34.7 Å². The zero-order valence-corrected chi connectivity index (χ0v) is 23.3. The average Bonchev–Trinajstić information content (AvgIpc) is 3.13. The Labute approximate surface area is 227 Å². The van der Waals surface area contributed by atoms with Gasteiger partial charge in [0.1, 0.15) is 11.5 Å². The molecule has 8 heteroatoms. The van der Waals surface area contributed by atoms with Gasteiger partial charge in [0.25, 0.3) is 11.7 Å². The molecule has 0 spiro atoms. The van der Waals surface area contributed by atoms with E-state index in [1.165, 1.54) is 0 Å². The van der Waals surface area contributed by atoms with E-state index >= 15 is 0 Å². The number of ketones is 1. The zero-order valence-electron chi connectivity index (χ0n) is 21.7. The number of nitrogens with zero attached hydrogens (tertiary/aromatic N) is 2. The minimum atomic E-state index is -0.658. The molecule has 2 aromatic rings. The van der Waals surface area contributed by atoms with Crippen LogP contribution in [0.1, 0.15) is 43.0 Å². The minimum absolute atomic E-state index is 0.119. The van der Waals surface area contributed by atoms with Gasteiger partial charge in [0, 0.05) is 36.2 Å². The molecular weight excluding hydrogens is 536 g/mol. The van der Waals surface area contributed by atoms with E-state index < -0.39 is 17.7 Å². The van der Waals surface area contributed by atoms with Crippen LogP contribution in [0.2, 0.25) is 0 Å². The lowest BCUT2D eigenvalue weighted by Gasteiger charge is -2.29. The first kappa shape index (κ1) is 27.4. The molecule has 2 heterocycles. The molecule has 7 nitrogen and oxygen atoms in total. The molecule has 2 aliphatic heterocycles. The molecule has 37 heavy (non-hydrogen) atoms. The summed E-state index contributed by atoms with van der Waals surface area (Å²) in [6.07, 6.45) is 0.723. The van der Waals surface area contributed by atoms with Gasteiger partial charge in [-0.3, -0.25) is 14.5 Å². The molecule has 0 aliphatic carbocycles. The van der Waals surface area contributed by atoms with E-state index in [0.717, 1.165) is 47.4 Å². The molecule has 1 unspecified atom stereocenters. The van der Waals surface area contributed by atoms with Gasteiger partial charge in [-0.1, -0.05) is 41.9 Å². The van der Waals surface area contributed by atoms with Crippen molar-refractivity contribution in [1.82, 2.24) is 9.80 Å². The number of ether oxygens (including phenoxy) is 2. The van der Waals surface area contributed by atoms with Crippen molar-refractivity contribution in [2.24, 2.45) is 5.92 Å². The summed E-state index contributed by atoms with van der Waals surface area (Å²) in [5, 5.41) is 11.4. The van der Waals surface area contributed by atoms with Gasteiger partial charge in [0.15, 0.2) is 0 Å². The first-order chi connectivity index (χ1) is 17.8. The second-order valence-corrected chi connectivity index (χ2v) is 11.0. The predicted molar refractivity (Wildman–Crippen MR) is 147 cm³/mol. The van der Waals surface area contributed by atoms with E-state index in [9.17, 15) is 14.7 Å². The fourth-order valence-electron chi connectivity index (χ4n) is 4.76. The Balaban J connectivity index is 1.65. The number of hydrogen-bond acceptors (Lipinski definition) is 6. The van der Waals surface area contributed by atoms with Crippen LogP contribution in [0.15, 0.2) is 52.5 Å². The van der Waals surface area contributed by atoms with Crippen molar-refractivity contribution in [3.63, 3.8) is 0 Å². The summed E-state index contributed by atoms with van der Waals surface area (Å²) in [6.45, 7) is 11.0. The molecule has 2 saturated heterocycles. The fourth-order valence-corrected chi connectivity index (χ4v) is 5.03. The number of likely N-dealkylation sites (tertiary alicyclic amines) is 1. The van der Waals surface area contributed by atoms with Gasteiger partial charge in [0.05, 0.1) is 31.4 Å². The molecule has 4 rings (SSSR count). The van der Waals surface area contributed by atoms with E-state index in [4.69, 9.17) is 9.47 Å². The van der Waals surface area contributed by atoms with Crippen LogP contribution in [0.4, 0.5) is 0 Å². The Morgan fingerprint density at radius 1 is 1.11 bits per heavy atom. The predicted octanol–water partition coefficient (Wildman–Crippen LogP) is 4.94. The maximum absolute atomic E-state index is 13.3. The first-order valence-electron chi connectivity index (χ1n) is 12.8. The van der Waals surface area contributed by atoms with Gasteiger partial charge in [-0.2, -0.15) is 0 Å². The third-order valence-corrected chi connectivity index (χ3v) is 7.25. The second kappa shape index (κ2) is 12.2. The van der Waals surface area contributed by atoms with E-state index in [-0.39, 0.29) is 11.3 Å². The Bertz CT molecular complexity index is 1160. The SMILES string of the molecule is Cc1cc(/C(O)=C2/C(=O)C(=O)N(CCCN3CCOCC3)C2c2ccc(Br)cc2)ccc1OCC(C)C. The Hall–Kier alpha value is -2.68. The highest BCUT2D eigenvalue weighted by Crippen LogP contribution is 2.40. The number of morpholine rings is 1. The lowest BCUT2D eigenvalue weighted by Crippen LogP contribution is -2.38. The van der Waals surface area contributed by atoms with Gasteiger partial charge >= 0.3 is 0 Å². The molecular formula is C29H35BrN2O5. The third kappa shape index (κ3) is 6.43. The van der Waals surface area contributed by atoms with E-state index in [1.54, 1.807) is 23.1 Å². The standard InChI is InChI=1S/C29H35BrN2O5/c1-19(2)18-37-24-10-7-22(17-20(24)3)27(33)25-26(21-5-8-23(30)9-6-21)32(29(35)28(25)34)12-4-11-31-13-15-36-16-14-31/h5-10,17,19,26,33H,4,11-16,18H2,1-3H3/b27-25-. The maximum atomic E-state index is 13.3. The van der Waals surface area contributed by atoms with Crippen molar-refractivity contribution in [1.29, 1.82) is 0 Å². The van der Waals surface area contributed by atoms with Crippen molar-refractivity contribution in [2.45, 2.75) is 33.2 Å². The molecule has 0 radical (unpaired) electrons. The highest BCUT2D eigenvalue weighted by molar-refractivity contribution is 9.10. The van der Waals surface area contributed by atoms with Crippen LogP contribution in [0.3, 0.4) is 0 Å². The third-order valence-electron chi connectivity index (χ3n) is 6.72. The Kier molecular flexibility index (Phi) is 9.05. The molecule has 2 fully saturated rings. The van der Waals surface area contributed by atoms with Crippen LogP contribution in [-0.4, -0.2) is 72.6 Å². The van der Waals surface area contributed by atoms with Crippen LogP contribution in [0, 0.1) is 12.8 Å². The maximum Gasteiger partial charge on any atom is 0.295 e. The Morgan fingerprint density at radius 3 is 2.46 bits per heavy atom. The summed E-state index contributed by atoms with van der Waals surface area (Å²) in [5.41, 5.74) is 2.24. The number of aliphatic hydroxyl groups is 1. The van der Waals surface area contributed by atoms with Crippen molar-refractivity contribution >= 4 is 33.4 Å². The van der Waals surface area contributed by atoms with Crippen molar-refractivity contribution in [3.8, 4) is 5.75 Å². The number of amides is 1. The summed E-state index contributed by atoms with van der Waals surface area (Å²) in [5.74, 6) is -0.281. The topological polar surface area (TPSA) is 79.3 Å². The summed E-state index contributed by atoms with van der Waals surface area (Å²) in [4.78, 5) is 30.4. The summed E-state index contributed by atoms with van der Waals surface area (Å²) < 4.78 is 12.2. The summed E-state index contributed by atoms with van der Waals surface area (Å²) >= 11 is 3.46. The summed E-state index contributed by atoms with van der Waals surface area (Å²) in [6, 6.07) is 12.2. The molecule has 0 aromatic heterocycles. The van der Waals surface area contributed by atoms with Crippen molar-refractivity contribution < 1.29 is 24.2 Å². The lowest BCUT2D eigenvalue weighted by molar-refractivity contribution is -0.140. The zero-order chi connectivity index (χ0) is 26.5. The molecule has 1 N–H and O–H groups in total. The number of carbonyl (C=O) groups excluding carboxylic acids is 2. The van der Waals surface area contributed by atoms with Crippen LogP contribution in [0.5, 0.6) is 5.75 Å². The number of halogens is 1. The molecule has 1 atom stereocenters. The average molecular weight is 572 g/mol. The van der Waals surface area contributed by atoms with Gasteiger partial charge in [-0.25, -0.2) is 0 Å². The minimum Gasteiger partial charge on any atom is -0.507 e. The molecule has 1 amide bonds. The van der Waals surface area contributed by atoms with Crippen LogP contribution in [-0.2, 0) is 14.3 Å². The number of aryl methyl sites for hydroxylation is 1. The van der Waals surface area contributed by atoms with E-state index in [1.807, 2.05) is 31.2 Å². The van der Waals surface area contributed by atoms with E-state index in [0.29, 0.717) is 37.8 Å². The number of hydrogen-bond donors (Lipinski definition) is 1. The van der Waals surface area contributed by atoms with Crippen LogP contribution >= 0.6 is 15.9 Å². The molecule has 0 bridgehead atoms. The number of aliphatic hydroxyl groups excluding tert-OH is 1. The van der Waals surface area contributed by atoms with Gasteiger partial charge in [-0.05, 0) is 60.7 Å². The highest BCUT2D eigenvalue weighted by atomic mass is 79.9. The monoisotopic (exact) mass is 570 g/mol. The molecule has 2 aromatic carbocycles. The Morgan fingerprint density at radius 2 is 1.81 bits per heavy atom. The van der Waals surface area contributed by atoms with Crippen LogP contribution < -0.4 is 4.74 Å². The number of rotatable bonds is 9. The highest BCUT2D eigenvalue weighted by Gasteiger charge is 2.45. The smallest absolute Gasteiger partial charge is 0.295 e. The largest absolute Gasteiger partial charge is 0.507 e. The number of benzene rings is 2. The second-order valence-electron chi connectivity index (χ2n) is 10.0. The van der Waals surface area contributed by atoms with Gasteiger partial charge in [0.2, 0.25) is 0 Å². The summed E-state index contributed by atoms with van der Waals surface area (Å²) in [7, 11) is 0. The molecule has 0 saturated carbocycles. The number of Topliss-reactive ketones (excluding diaryl/α,β-unsaturated/α-hetero) is 1. The number of carbonyl (C=O) groups is 2. The first-order valence-corrected chi connectivity index (χ1v) is 13.6. The lowest BCUT2D eigenvalue weighted by atomic mass is 9.94. The van der Waals surface area contributed by atoms with Crippen molar-refractivity contribution in [2.75, 3.05) is 46.0 Å².